The lowest BCUT2D eigenvalue weighted by Crippen LogP contribution is -2.17. The van der Waals surface area contributed by atoms with Crippen LogP contribution < -0.4 is 9.47 Å². The molecular weight excluding hydrogens is 352 g/mol. The fourth-order valence-electron chi connectivity index (χ4n) is 2.79. The lowest BCUT2D eigenvalue weighted by molar-refractivity contribution is 0.0912. The summed E-state index contributed by atoms with van der Waals surface area (Å²) in [6.07, 6.45) is 2.36. The van der Waals surface area contributed by atoms with Gasteiger partial charge in [0.2, 0.25) is 5.16 Å². The van der Waals surface area contributed by atoms with Crippen LogP contribution in [0.3, 0.4) is 0 Å². The van der Waals surface area contributed by atoms with Gasteiger partial charge >= 0.3 is 0 Å². The number of rotatable bonds is 5. The van der Waals surface area contributed by atoms with E-state index in [1.54, 1.807) is 16.4 Å². The average molecular weight is 369 g/mol. The van der Waals surface area contributed by atoms with E-state index in [9.17, 15) is 0 Å². The first-order valence-electron chi connectivity index (χ1n) is 7.88. The van der Waals surface area contributed by atoms with Gasteiger partial charge in [-0.1, -0.05) is 23.4 Å². The van der Waals surface area contributed by atoms with Crippen molar-refractivity contribution in [2.75, 3.05) is 19.8 Å². The van der Waals surface area contributed by atoms with Crippen LogP contribution in [0.4, 0.5) is 0 Å². The summed E-state index contributed by atoms with van der Waals surface area (Å²) in [5.74, 6) is 2.02. The highest BCUT2D eigenvalue weighted by molar-refractivity contribution is 7.98. The van der Waals surface area contributed by atoms with E-state index in [-0.39, 0.29) is 6.10 Å². The van der Waals surface area contributed by atoms with Gasteiger partial charge in [-0.05, 0) is 41.0 Å². The molecule has 1 unspecified atom stereocenters. The zero-order valence-corrected chi connectivity index (χ0v) is 14.6. The Morgan fingerprint density at radius 2 is 2.17 bits per heavy atom. The summed E-state index contributed by atoms with van der Waals surface area (Å²) in [7, 11) is 0. The van der Waals surface area contributed by atoms with Crippen molar-refractivity contribution in [3.8, 4) is 11.5 Å². The summed E-state index contributed by atoms with van der Waals surface area (Å²) >= 11 is 7.84. The molecule has 0 aliphatic carbocycles. The number of aromatic nitrogens is 4. The number of fused-ring (bicyclic) bond motifs is 1. The maximum Gasteiger partial charge on any atom is 0.209 e. The Bertz CT molecular complexity index is 721. The van der Waals surface area contributed by atoms with Gasteiger partial charge < -0.3 is 14.2 Å². The number of ether oxygens (including phenoxy) is 3. The van der Waals surface area contributed by atoms with E-state index >= 15 is 0 Å². The van der Waals surface area contributed by atoms with Crippen molar-refractivity contribution >= 4 is 23.4 Å². The molecule has 2 aliphatic rings. The molecule has 0 bridgehead atoms. The molecule has 2 aliphatic heterocycles. The maximum atomic E-state index is 6.28. The second-order valence-electron chi connectivity index (χ2n) is 5.67. The van der Waals surface area contributed by atoms with Crippen LogP contribution in [0.5, 0.6) is 11.5 Å². The molecule has 1 aromatic carbocycles. The van der Waals surface area contributed by atoms with Crippen molar-refractivity contribution in [3.05, 3.63) is 22.7 Å². The molecule has 0 amide bonds. The van der Waals surface area contributed by atoms with Gasteiger partial charge in [0.25, 0.3) is 0 Å². The van der Waals surface area contributed by atoms with Gasteiger partial charge in [0, 0.05) is 12.4 Å². The lowest BCUT2D eigenvalue weighted by atomic mass is 10.2. The van der Waals surface area contributed by atoms with Gasteiger partial charge in [-0.3, -0.25) is 0 Å². The van der Waals surface area contributed by atoms with Crippen molar-refractivity contribution in [1.29, 1.82) is 0 Å². The number of hydrogen-bond donors (Lipinski definition) is 0. The molecule has 24 heavy (non-hydrogen) atoms. The van der Waals surface area contributed by atoms with Gasteiger partial charge in [0.1, 0.15) is 13.2 Å². The van der Waals surface area contributed by atoms with Crippen LogP contribution in [0.1, 0.15) is 18.4 Å². The van der Waals surface area contributed by atoms with E-state index in [0.29, 0.717) is 42.0 Å². The predicted molar refractivity (Wildman–Crippen MR) is 88.8 cm³/mol. The SMILES string of the molecule is Clc1cc(CSc2nnnn2CC2CCCO2)cc2c1OCCO2. The van der Waals surface area contributed by atoms with Crippen molar-refractivity contribution in [3.63, 3.8) is 0 Å². The Labute approximate surface area is 148 Å². The van der Waals surface area contributed by atoms with Crippen LogP contribution in [0.25, 0.3) is 0 Å². The minimum Gasteiger partial charge on any atom is -0.486 e. The van der Waals surface area contributed by atoms with Crippen LogP contribution >= 0.6 is 23.4 Å². The fraction of sp³-hybridized carbons (Fsp3) is 0.533. The number of thioether (sulfide) groups is 1. The molecule has 128 valence electrons. The van der Waals surface area contributed by atoms with E-state index < -0.39 is 0 Å². The van der Waals surface area contributed by atoms with Crippen molar-refractivity contribution in [2.24, 2.45) is 0 Å². The number of benzene rings is 1. The maximum absolute atomic E-state index is 6.28. The highest BCUT2D eigenvalue weighted by Gasteiger charge is 2.20. The Kier molecular flexibility index (Phi) is 4.77. The Morgan fingerprint density at radius 1 is 1.25 bits per heavy atom. The topological polar surface area (TPSA) is 71.3 Å². The monoisotopic (exact) mass is 368 g/mol. The van der Waals surface area contributed by atoms with Gasteiger partial charge in [-0.25, -0.2) is 4.68 Å². The number of hydrogen-bond acceptors (Lipinski definition) is 7. The van der Waals surface area contributed by atoms with Crippen molar-refractivity contribution in [2.45, 2.75) is 36.4 Å². The third kappa shape index (κ3) is 3.45. The number of nitrogens with zero attached hydrogens (tertiary/aromatic N) is 4. The zero-order valence-electron chi connectivity index (χ0n) is 13.0. The summed E-state index contributed by atoms with van der Waals surface area (Å²) in [5.41, 5.74) is 1.04. The van der Waals surface area contributed by atoms with E-state index in [1.807, 2.05) is 12.1 Å². The second kappa shape index (κ2) is 7.16. The molecule has 1 atom stereocenters. The third-order valence-electron chi connectivity index (χ3n) is 3.92. The van der Waals surface area contributed by atoms with Crippen LogP contribution in [-0.4, -0.2) is 46.1 Å². The summed E-state index contributed by atoms with van der Waals surface area (Å²) in [4.78, 5) is 0. The lowest BCUT2D eigenvalue weighted by Gasteiger charge is -2.20. The molecule has 1 aromatic heterocycles. The minimum absolute atomic E-state index is 0.205. The largest absolute Gasteiger partial charge is 0.486 e. The Hall–Kier alpha value is -1.51. The van der Waals surface area contributed by atoms with E-state index in [2.05, 4.69) is 15.5 Å². The zero-order chi connectivity index (χ0) is 16.4. The molecule has 2 aromatic rings. The van der Waals surface area contributed by atoms with Crippen molar-refractivity contribution < 1.29 is 14.2 Å². The van der Waals surface area contributed by atoms with Crippen LogP contribution in [0, 0.1) is 0 Å². The van der Waals surface area contributed by atoms with Gasteiger partial charge in [-0.2, -0.15) is 0 Å². The van der Waals surface area contributed by atoms with Crippen LogP contribution in [-0.2, 0) is 17.0 Å². The minimum atomic E-state index is 0.205. The summed E-state index contributed by atoms with van der Waals surface area (Å²) in [6, 6.07) is 3.86. The fourth-order valence-corrected chi connectivity index (χ4v) is 3.90. The second-order valence-corrected chi connectivity index (χ2v) is 7.02. The molecule has 0 spiro atoms. The van der Waals surface area contributed by atoms with E-state index in [1.165, 1.54) is 0 Å². The van der Waals surface area contributed by atoms with E-state index in [4.69, 9.17) is 25.8 Å². The standard InChI is InChI=1S/C15H17ClN4O3S/c16-12-6-10(7-13-14(12)23-5-4-22-13)9-24-15-17-18-19-20(15)8-11-2-1-3-21-11/h6-7,11H,1-5,8-9H2. The van der Waals surface area contributed by atoms with Crippen molar-refractivity contribution in [1.82, 2.24) is 20.2 Å². The summed E-state index contributed by atoms with van der Waals surface area (Å²) in [6.45, 7) is 2.58. The summed E-state index contributed by atoms with van der Waals surface area (Å²) < 4.78 is 18.6. The van der Waals surface area contributed by atoms with Crippen LogP contribution in [0.15, 0.2) is 17.3 Å². The molecule has 9 heteroatoms. The highest BCUT2D eigenvalue weighted by atomic mass is 35.5. The van der Waals surface area contributed by atoms with E-state index in [0.717, 1.165) is 30.2 Å². The molecule has 1 fully saturated rings. The van der Waals surface area contributed by atoms with Gasteiger partial charge in [0.05, 0.1) is 17.7 Å². The molecule has 1 saturated heterocycles. The highest BCUT2D eigenvalue weighted by Crippen LogP contribution is 2.39. The molecular formula is C15H17ClN4O3S. The molecule has 3 heterocycles. The molecule has 4 rings (SSSR count). The first-order chi connectivity index (χ1) is 11.8. The molecule has 0 radical (unpaired) electrons. The van der Waals surface area contributed by atoms with Crippen LogP contribution in [0.2, 0.25) is 5.02 Å². The van der Waals surface area contributed by atoms with Gasteiger partial charge in [-0.15, -0.1) is 5.10 Å². The predicted octanol–water partition coefficient (Wildman–Crippen LogP) is 2.57. The Morgan fingerprint density at radius 3 is 3.04 bits per heavy atom. The quantitative estimate of drug-likeness (QED) is 0.751. The average Bonchev–Trinajstić information content (AvgIpc) is 3.25. The normalized spacial score (nSPS) is 19.6. The van der Waals surface area contributed by atoms with Gasteiger partial charge in [0.15, 0.2) is 11.5 Å². The Balaban J connectivity index is 1.44. The smallest absolute Gasteiger partial charge is 0.209 e. The third-order valence-corrected chi connectivity index (χ3v) is 5.23. The summed E-state index contributed by atoms with van der Waals surface area (Å²) in [5, 5.41) is 13.3. The molecule has 7 nitrogen and oxygen atoms in total. The first kappa shape index (κ1) is 16.0. The molecule has 0 N–H and O–H groups in total. The molecule has 0 saturated carbocycles. The number of tetrazole rings is 1. The first-order valence-corrected chi connectivity index (χ1v) is 9.24. The number of halogens is 1.